The van der Waals surface area contributed by atoms with E-state index in [9.17, 15) is 9.59 Å². The Bertz CT molecular complexity index is 1010. The molecule has 3 aromatic rings. The average molecular weight is 365 g/mol. The van der Waals surface area contributed by atoms with E-state index >= 15 is 0 Å². The Balaban J connectivity index is 1.60. The molecule has 0 aliphatic heterocycles. The van der Waals surface area contributed by atoms with E-state index in [-0.39, 0.29) is 17.3 Å². The fraction of sp³-hybridized carbons (Fsp3) is 0.286. The van der Waals surface area contributed by atoms with Gasteiger partial charge in [-0.2, -0.15) is 0 Å². The molecule has 1 heterocycles. The van der Waals surface area contributed by atoms with Crippen LogP contribution >= 0.6 is 0 Å². The van der Waals surface area contributed by atoms with Gasteiger partial charge in [0.15, 0.2) is 5.82 Å². The zero-order chi connectivity index (χ0) is 19.4. The Morgan fingerprint density at radius 2 is 1.81 bits per heavy atom. The Kier molecular flexibility index (Phi) is 5.54. The van der Waals surface area contributed by atoms with Gasteiger partial charge in [0.05, 0.1) is 17.5 Å². The number of aromatic amines is 1. The van der Waals surface area contributed by atoms with Gasteiger partial charge in [0.1, 0.15) is 5.75 Å². The van der Waals surface area contributed by atoms with Crippen LogP contribution in [0.5, 0.6) is 5.75 Å². The number of ether oxygens (including phenoxy) is 1. The van der Waals surface area contributed by atoms with Crippen LogP contribution in [0.25, 0.3) is 10.9 Å². The second kappa shape index (κ2) is 8.03. The normalized spacial score (nSPS) is 10.8. The molecule has 0 saturated heterocycles. The van der Waals surface area contributed by atoms with Gasteiger partial charge >= 0.3 is 0 Å². The quantitative estimate of drug-likeness (QED) is 0.681. The third kappa shape index (κ3) is 4.16. The van der Waals surface area contributed by atoms with Gasteiger partial charge in [0.25, 0.3) is 11.5 Å². The zero-order valence-corrected chi connectivity index (χ0v) is 15.8. The lowest BCUT2D eigenvalue weighted by Crippen LogP contribution is -2.31. The zero-order valence-electron chi connectivity index (χ0n) is 15.8. The molecule has 0 aliphatic carbocycles. The van der Waals surface area contributed by atoms with Crippen molar-refractivity contribution < 1.29 is 9.53 Å². The highest BCUT2D eigenvalue weighted by atomic mass is 16.5. The smallest absolute Gasteiger partial charge is 0.289 e. The van der Waals surface area contributed by atoms with Crippen LogP contribution in [-0.2, 0) is 0 Å². The SMILES string of the molecule is Cc1cccc(C)c1OCCCN(C)C(=O)c1nc2ccccc2c(=O)[nH]1. The highest BCUT2D eigenvalue weighted by Crippen LogP contribution is 2.22. The second-order valence-corrected chi connectivity index (χ2v) is 6.58. The van der Waals surface area contributed by atoms with E-state index in [1.165, 1.54) is 0 Å². The van der Waals surface area contributed by atoms with E-state index in [0.717, 1.165) is 16.9 Å². The predicted molar refractivity (Wildman–Crippen MR) is 105 cm³/mol. The summed E-state index contributed by atoms with van der Waals surface area (Å²) in [7, 11) is 1.69. The minimum atomic E-state index is -0.315. The lowest BCUT2D eigenvalue weighted by atomic mass is 10.1. The van der Waals surface area contributed by atoms with Crippen LogP contribution < -0.4 is 10.3 Å². The van der Waals surface area contributed by atoms with E-state index in [1.807, 2.05) is 32.0 Å². The summed E-state index contributed by atoms with van der Waals surface area (Å²) in [4.78, 5) is 33.1. The predicted octanol–water partition coefficient (Wildman–Crippen LogP) is 3.08. The number of hydrogen-bond donors (Lipinski definition) is 1. The summed E-state index contributed by atoms with van der Waals surface area (Å²) in [5, 5.41) is 0.471. The molecule has 27 heavy (non-hydrogen) atoms. The molecule has 0 radical (unpaired) electrons. The highest BCUT2D eigenvalue weighted by molar-refractivity contribution is 5.92. The van der Waals surface area contributed by atoms with Crippen LogP contribution in [0.1, 0.15) is 28.2 Å². The molecule has 0 bridgehead atoms. The summed E-state index contributed by atoms with van der Waals surface area (Å²) < 4.78 is 5.87. The Morgan fingerprint density at radius 3 is 2.56 bits per heavy atom. The van der Waals surface area contributed by atoms with Crippen LogP contribution in [0.3, 0.4) is 0 Å². The molecule has 1 N–H and O–H groups in total. The first-order chi connectivity index (χ1) is 13.0. The maximum Gasteiger partial charge on any atom is 0.289 e. The molecule has 0 saturated carbocycles. The first-order valence-electron chi connectivity index (χ1n) is 8.91. The summed E-state index contributed by atoms with van der Waals surface area (Å²) in [6.07, 6.45) is 0.674. The third-order valence-electron chi connectivity index (χ3n) is 4.46. The fourth-order valence-corrected chi connectivity index (χ4v) is 2.97. The van der Waals surface area contributed by atoms with Crippen LogP contribution in [0.4, 0.5) is 0 Å². The highest BCUT2D eigenvalue weighted by Gasteiger charge is 2.15. The molecule has 2 aromatic carbocycles. The van der Waals surface area contributed by atoms with Crippen molar-refractivity contribution in [2.45, 2.75) is 20.3 Å². The van der Waals surface area contributed by atoms with Gasteiger partial charge in [-0.05, 0) is 43.5 Å². The van der Waals surface area contributed by atoms with Gasteiger partial charge < -0.3 is 14.6 Å². The lowest BCUT2D eigenvalue weighted by Gasteiger charge is -2.17. The third-order valence-corrected chi connectivity index (χ3v) is 4.46. The van der Waals surface area contributed by atoms with Crippen molar-refractivity contribution in [3.63, 3.8) is 0 Å². The van der Waals surface area contributed by atoms with Crippen molar-refractivity contribution >= 4 is 16.8 Å². The lowest BCUT2D eigenvalue weighted by molar-refractivity contribution is 0.0776. The number of nitrogens with zero attached hydrogens (tertiary/aromatic N) is 2. The van der Waals surface area contributed by atoms with Crippen LogP contribution in [-0.4, -0.2) is 41.0 Å². The Morgan fingerprint density at radius 1 is 1.11 bits per heavy atom. The Labute approximate surface area is 157 Å². The molecule has 140 valence electrons. The van der Waals surface area contributed by atoms with E-state index < -0.39 is 0 Å². The molecule has 1 amide bonds. The summed E-state index contributed by atoms with van der Waals surface area (Å²) in [5.41, 5.74) is 2.39. The molecule has 0 unspecified atom stereocenters. The number of hydrogen-bond acceptors (Lipinski definition) is 4. The van der Waals surface area contributed by atoms with Crippen molar-refractivity contribution in [3.05, 3.63) is 69.8 Å². The number of rotatable bonds is 6. The molecule has 6 heteroatoms. The average Bonchev–Trinajstić information content (AvgIpc) is 2.66. The molecule has 6 nitrogen and oxygen atoms in total. The first kappa shape index (κ1) is 18.6. The summed E-state index contributed by atoms with van der Waals surface area (Å²) >= 11 is 0. The van der Waals surface area contributed by atoms with E-state index in [4.69, 9.17) is 4.74 Å². The molecule has 0 fully saturated rings. The molecule has 0 aliphatic rings. The molecule has 1 aromatic heterocycles. The first-order valence-corrected chi connectivity index (χ1v) is 8.91. The second-order valence-electron chi connectivity index (χ2n) is 6.58. The Hall–Kier alpha value is -3.15. The van der Waals surface area contributed by atoms with Gasteiger partial charge in [-0.1, -0.05) is 30.3 Å². The van der Waals surface area contributed by atoms with E-state index in [0.29, 0.717) is 30.5 Å². The molecule has 3 rings (SSSR count). The van der Waals surface area contributed by atoms with Crippen LogP contribution in [0, 0.1) is 13.8 Å². The van der Waals surface area contributed by atoms with Gasteiger partial charge in [0.2, 0.25) is 0 Å². The van der Waals surface area contributed by atoms with Gasteiger partial charge in [-0.25, -0.2) is 4.98 Å². The number of para-hydroxylation sites is 2. The minimum absolute atomic E-state index is 0.0527. The monoisotopic (exact) mass is 365 g/mol. The number of benzene rings is 2. The van der Waals surface area contributed by atoms with Gasteiger partial charge in [-0.15, -0.1) is 0 Å². The number of nitrogens with one attached hydrogen (secondary N) is 1. The van der Waals surface area contributed by atoms with E-state index in [2.05, 4.69) is 9.97 Å². The number of carbonyl (C=O) groups is 1. The fourth-order valence-electron chi connectivity index (χ4n) is 2.97. The van der Waals surface area contributed by atoms with Crippen molar-refractivity contribution in [3.8, 4) is 5.75 Å². The minimum Gasteiger partial charge on any atom is -0.493 e. The van der Waals surface area contributed by atoms with Crippen LogP contribution in [0.15, 0.2) is 47.3 Å². The van der Waals surface area contributed by atoms with Crippen molar-refractivity contribution in [1.29, 1.82) is 0 Å². The molecular weight excluding hydrogens is 342 g/mol. The number of amides is 1. The molecular formula is C21H23N3O3. The van der Waals surface area contributed by atoms with Gasteiger partial charge in [-0.3, -0.25) is 9.59 Å². The summed E-state index contributed by atoms with van der Waals surface area (Å²) in [6, 6.07) is 13.0. The molecule has 0 atom stereocenters. The van der Waals surface area contributed by atoms with Crippen molar-refractivity contribution in [1.82, 2.24) is 14.9 Å². The maximum absolute atomic E-state index is 12.6. The number of aromatic nitrogens is 2. The topological polar surface area (TPSA) is 75.3 Å². The number of carbonyl (C=O) groups excluding carboxylic acids is 1. The van der Waals surface area contributed by atoms with Crippen molar-refractivity contribution in [2.75, 3.05) is 20.2 Å². The van der Waals surface area contributed by atoms with E-state index in [1.54, 1.807) is 36.2 Å². The largest absolute Gasteiger partial charge is 0.493 e. The maximum atomic E-state index is 12.6. The summed E-state index contributed by atoms with van der Waals surface area (Å²) in [6.45, 7) is 5.03. The van der Waals surface area contributed by atoms with Crippen LogP contribution in [0.2, 0.25) is 0 Å². The number of H-pyrrole nitrogens is 1. The van der Waals surface area contributed by atoms with Gasteiger partial charge in [0, 0.05) is 13.6 Å². The standard InChI is InChI=1S/C21H23N3O3/c1-14-8-6-9-15(2)18(14)27-13-7-12-24(3)21(26)19-22-17-11-5-4-10-16(17)20(25)23-19/h4-6,8-11H,7,12-13H2,1-3H3,(H,22,23,25). The number of fused-ring (bicyclic) bond motifs is 1. The summed E-state index contributed by atoms with van der Waals surface area (Å²) in [5.74, 6) is 0.633. The molecule has 0 spiro atoms. The van der Waals surface area contributed by atoms with Crippen molar-refractivity contribution in [2.24, 2.45) is 0 Å². The number of aryl methyl sites for hydroxylation is 2.